The lowest BCUT2D eigenvalue weighted by Crippen LogP contribution is -2.41. The van der Waals surface area contributed by atoms with Crippen LogP contribution >= 0.6 is 0 Å². The summed E-state index contributed by atoms with van der Waals surface area (Å²) >= 11 is 0. The molecule has 7 heteroatoms. The van der Waals surface area contributed by atoms with Gasteiger partial charge in [0.1, 0.15) is 5.69 Å². The molecule has 1 fully saturated rings. The molecule has 136 valence electrons. The van der Waals surface area contributed by atoms with E-state index >= 15 is 0 Å². The molecule has 0 radical (unpaired) electrons. The molecule has 0 saturated carbocycles. The molecule has 0 N–H and O–H groups in total. The smallest absolute Gasteiger partial charge is 0.308 e. The molecule has 1 aliphatic heterocycles. The highest BCUT2D eigenvalue weighted by Crippen LogP contribution is 2.19. The molecule has 2 heterocycles. The number of nitrogens with zero attached hydrogens (tertiary/aromatic N) is 3. The van der Waals surface area contributed by atoms with Gasteiger partial charge in [-0.2, -0.15) is 5.10 Å². The average Bonchev–Trinajstić information content (AvgIpc) is 2.69. The highest BCUT2D eigenvalue weighted by atomic mass is 16.5. The second-order valence-corrected chi connectivity index (χ2v) is 6.29. The standard InChI is InChI=1S/C19H21N3O4/c1-26-19(25)15-9-11-21(12-10-15)18(24)16-7-8-17(23)22(20-16)13-14-5-3-2-4-6-14/h2-8,15H,9-13H2,1H3. The number of methoxy groups -OCH3 is 1. The van der Waals surface area contributed by atoms with Crippen LogP contribution in [0, 0.1) is 5.92 Å². The zero-order valence-electron chi connectivity index (χ0n) is 14.6. The number of rotatable bonds is 4. The van der Waals surface area contributed by atoms with E-state index in [0.717, 1.165) is 5.56 Å². The number of amides is 1. The maximum absolute atomic E-state index is 12.7. The Morgan fingerprint density at radius 3 is 2.46 bits per heavy atom. The summed E-state index contributed by atoms with van der Waals surface area (Å²) in [6.07, 6.45) is 1.14. The third-order valence-electron chi connectivity index (χ3n) is 4.58. The van der Waals surface area contributed by atoms with Gasteiger partial charge in [-0.05, 0) is 24.5 Å². The number of benzene rings is 1. The third-order valence-corrected chi connectivity index (χ3v) is 4.58. The van der Waals surface area contributed by atoms with E-state index in [0.29, 0.717) is 32.5 Å². The summed E-state index contributed by atoms with van der Waals surface area (Å²) in [5.41, 5.74) is 0.914. The lowest BCUT2D eigenvalue weighted by molar-refractivity contribution is -0.146. The van der Waals surface area contributed by atoms with Crippen molar-refractivity contribution in [3.63, 3.8) is 0 Å². The fraction of sp³-hybridized carbons (Fsp3) is 0.368. The quantitative estimate of drug-likeness (QED) is 0.773. The van der Waals surface area contributed by atoms with Crippen molar-refractivity contribution in [2.45, 2.75) is 19.4 Å². The predicted molar refractivity (Wildman–Crippen MR) is 94.7 cm³/mol. The van der Waals surface area contributed by atoms with E-state index in [1.165, 1.54) is 23.9 Å². The number of ether oxygens (including phenoxy) is 1. The van der Waals surface area contributed by atoms with E-state index in [4.69, 9.17) is 4.74 Å². The maximum atomic E-state index is 12.7. The molecule has 26 heavy (non-hydrogen) atoms. The van der Waals surface area contributed by atoms with Gasteiger partial charge in [-0.3, -0.25) is 14.4 Å². The molecule has 1 saturated heterocycles. The van der Waals surface area contributed by atoms with Gasteiger partial charge in [0, 0.05) is 19.2 Å². The number of piperidine rings is 1. The Kier molecular flexibility index (Phi) is 5.46. The highest BCUT2D eigenvalue weighted by molar-refractivity contribution is 5.92. The summed E-state index contributed by atoms with van der Waals surface area (Å²) in [4.78, 5) is 38.0. The first kappa shape index (κ1) is 17.8. The van der Waals surface area contributed by atoms with Gasteiger partial charge >= 0.3 is 5.97 Å². The molecule has 1 amide bonds. The zero-order chi connectivity index (χ0) is 18.5. The van der Waals surface area contributed by atoms with Crippen molar-refractivity contribution in [3.8, 4) is 0 Å². The van der Waals surface area contributed by atoms with Crippen molar-refractivity contribution in [2.24, 2.45) is 5.92 Å². The fourth-order valence-corrected chi connectivity index (χ4v) is 3.08. The monoisotopic (exact) mass is 355 g/mol. The van der Waals surface area contributed by atoms with Crippen LogP contribution < -0.4 is 5.56 Å². The number of esters is 1. The zero-order valence-corrected chi connectivity index (χ0v) is 14.6. The molecular formula is C19H21N3O4. The Bertz CT molecular complexity index is 839. The van der Waals surface area contributed by atoms with Crippen LogP contribution in [0.3, 0.4) is 0 Å². The van der Waals surface area contributed by atoms with Crippen LogP contribution in [0.4, 0.5) is 0 Å². The summed E-state index contributed by atoms with van der Waals surface area (Å²) in [6, 6.07) is 12.3. The number of aromatic nitrogens is 2. The van der Waals surface area contributed by atoms with Gasteiger partial charge < -0.3 is 9.64 Å². The largest absolute Gasteiger partial charge is 0.469 e. The Hall–Kier alpha value is -2.96. The van der Waals surface area contributed by atoms with Gasteiger partial charge in [0.2, 0.25) is 0 Å². The van der Waals surface area contributed by atoms with Crippen LogP contribution in [-0.2, 0) is 16.1 Å². The normalized spacial score (nSPS) is 14.9. The van der Waals surface area contributed by atoms with Gasteiger partial charge in [-0.1, -0.05) is 30.3 Å². The van der Waals surface area contributed by atoms with E-state index in [1.807, 2.05) is 30.3 Å². The van der Waals surface area contributed by atoms with Crippen LogP contribution in [0.5, 0.6) is 0 Å². The van der Waals surface area contributed by atoms with Gasteiger partial charge in [0.05, 0.1) is 19.6 Å². The molecule has 1 aromatic carbocycles. The number of carbonyl (C=O) groups excluding carboxylic acids is 2. The second kappa shape index (κ2) is 7.95. The third kappa shape index (κ3) is 3.99. The van der Waals surface area contributed by atoms with Crippen molar-refractivity contribution < 1.29 is 14.3 Å². The van der Waals surface area contributed by atoms with Gasteiger partial charge in [0.15, 0.2) is 0 Å². The van der Waals surface area contributed by atoms with Crippen molar-refractivity contribution in [1.29, 1.82) is 0 Å². The number of hydrogen-bond donors (Lipinski definition) is 0. The van der Waals surface area contributed by atoms with Crippen LogP contribution in [-0.4, -0.2) is 46.8 Å². The predicted octanol–water partition coefficient (Wildman–Crippen LogP) is 1.32. The fourth-order valence-electron chi connectivity index (χ4n) is 3.08. The highest BCUT2D eigenvalue weighted by Gasteiger charge is 2.29. The van der Waals surface area contributed by atoms with Crippen molar-refractivity contribution >= 4 is 11.9 Å². The molecular weight excluding hydrogens is 334 g/mol. The summed E-state index contributed by atoms with van der Waals surface area (Å²) < 4.78 is 6.06. The topological polar surface area (TPSA) is 81.5 Å². The second-order valence-electron chi connectivity index (χ2n) is 6.29. The minimum Gasteiger partial charge on any atom is -0.469 e. The molecule has 0 unspecified atom stereocenters. The summed E-state index contributed by atoms with van der Waals surface area (Å²) in [6.45, 7) is 1.25. The number of likely N-dealkylation sites (tertiary alicyclic amines) is 1. The van der Waals surface area contributed by atoms with Crippen LogP contribution in [0.15, 0.2) is 47.3 Å². The van der Waals surface area contributed by atoms with Crippen molar-refractivity contribution in [1.82, 2.24) is 14.7 Å². The Morgan fingerprint density at radius 2 is 1.81 bits per heavy atom. The van der Waals surface area contributed by atoms with Gasteiger partial charge in [-0.25, -0.2) is 4.68 Å². The SMILES string of the molecule is COC(=O)C1CCN(C(=O)c2ccc(=O)n(Cc3ccccc3)n2)CC1. The molecule has 1 aromatic heterocycles. The Labute approximate surface area is 151 Å². The molecule has 0 aliphatic carbocycles. The Morgan fingerprint density at radius 1 is 1.12 bits per heavy atom. The average molecular weight is 355 g/mol. The van der Waals surface area contributed by atoms with Gasteiger partial charge in [0.25, 0.3) is 11.5 Å². The first-order valence-corrected chi connectivity index (χ1v) is 8.57. The Balaban J connectivity index is 1.71. The summed E-state index contributed by atoms with van der Waals surface area (Å²) in [7, 11) is 1.37. The first-order valence-electron chi connectivity index (χ1n) is 8.57. The van der Waals surface area contributed by atoms with E-state index in [-0.39, 0.29) is 29.0 Å². The number of carbonyl (C=O) groups is 2. The minimum atomic E-state index is -0.255. The summed E-state index contributed by atoms with van der Waals surface area (Å²) in [5, 5.41) is 4.23. The van der Waals surface area contributed by atoms with Crippen LogP contribution in [0.25, 0.3) is 0 Å². The van der Waals surface area contributed by atoms with E-state index < -0.39 is 0 Å². The molecule has 0 spiro atoms. The molecule has 0 bridgehead atoms. The molecule has 1 aliphatic rings. The first-order chi connectivity index (χ1) is 12.6. The molecule has 7 nitrogen and oxygen atoms in total. The van der Waals surface area contributed by atoms with E-state index in [9.17, 15) is 14.4 Å². The minimum absolute atomic E-state index is 0.163. The van der Waals surface area contributed by atoms with E-state index in [2.05, 4.69) is 5.10 Å². The van der Waals surface area contributed by atoms with Crippen LogP contribution in [0.1, 0.15) is 28.9 Å². The summed E-state index contributed by atoms with van der Waals surface area (Å²) in [5.74, 6) is -0.620. The van der Waals surface area contributed by atoms with E-state index in [1.54, 1.807) is 4.90 Å². The van der Waals surface area contributed by atoms with Crippen LogP contribution in [0.2, 0.25) is 0 Å². The maximum Gasteiger partial charge on any atom is 0.308 e. The molecule has 3 rings (SSSR count). The number of hydrogen-bond acceptors (Lipinski definition) is 5. The molecule has 2 aromatic rings. The van der Waals surface area contributed by atoms with Crippen molar-refractivity contribution in [2.75, 3.05) is 20.2 Å². The molecule has 0 atom stereocenters. The van der Waals surface area contributed by atoms with Gasteiger partial charge in [-0.15, -0.1) is 0 Å². The lowest BCUT2D eigenvalue weighted by Gasteiger charge is -2.30. The van der Waals surface area contributed by atoms with Crippen molar-refractivity contribution in [3.05, 3.63) is 64.1 Å². The lowest BCUT2D eigenvalue weighted by atomic mass is 9.97.